The van der Waals surface area contributed by atoms with Crippen LogP contribution in [0.5, 0.6) is 0 Å². The van der Waals surface area contributed by atoms with Crippen molar-refractivity contribution in [1.82, 2.24) is 10.2 Å². The largest absolute Gasteiger partial charge is 0.478 e. The van der Waals surface area contributed by atoms with Crippen LogP contribution in [-0.4, -0.2) is 47.1 Å². The van der Waals surface area contributed by atoms with Crippen LogP contribution in [0.3, 0.4) is 0 Å². The number of carbonyl (C=O) groups is 2. The number of carbonyl (C=O) groups excluding carboxylic acids is 1. The highest BCUT2D eigenvalue weighted by Gasteiger charge is 2.23. The Balaban J connectivity index is 1.98. The van der Waals surface area contributed by atoms with Gasteiger partial charge in [-0.05, 0) is 42.0 Å². The van der Waals surface area contributed by atoms with Gasteiger partial charge in [0.15, 0.2) is 0 Å². The Morgan fingerprint density at radius 1 is 1.43 bits per heavy atom. The molecule has 5 nitrogen and oxygen atoms in total. The summed E-state index contributed by atoms with van der Waals surface area (Å²) in [5, 5.41) is 12.1. The maximum atomic E-state index is 12.1. The topological polar surface area (TPSA) is 69.6 Å². The van der Waals surface area contributed by atoms with E-state index in [-0.39, 0.29) is 6.03 Å². The number of carboxylic acid groups (broad SMARTS) is 1. The highest BCUT2D eigenvalue weighted by atomic mass is 32.2. The van der Waals surface area contributed by atoms with Crippen LogP contribution in [0.25, 0.3) is 0 Å². The quantitative estimate of drug-likeness (QED) is 0.818. The molecule has 0 spiro atoms. The first-order valence-electron chi connectivity index (χ1n) is 6.99. The molecule has 0 aromatic heterocycles. The highest BCUT2D eigenvalue weighted by Crippen LogP contribution is 2.22. The second-order valence-corrected chi connectivity index (χ2v) is 5.98. The molecule has 0 radical (unpaired) electrons. The number of hydrogen-bond donors (Lipinski definition) is 2. The highest BCUT2D eigenvalue weighted by molar-refractivity contribution is 7.98. The lowest BCUT2D eigenvalue weighted by Gasteiger charge is -2.29. The van der Waals surface area contributed by atoms with Crippen LogP contribution >= 0.6 is 11.8 Å². The van der Waals surface area contributed by atoms with Gasteiger partial charge in [0.25, 0.3) is 0 Å². The maximum Gasteiger partial charge on any atom is 0.335 e. The Bertz CT molecular complexity index is 534. The predicted molar refractivity (Wildman–Crippen MR) is 83.9 cm³/mol. The third-order valence-corrected chi connectivity index (χ3v) is 4.28. The molecule has 2 N–H and O–H groups in total. The SMILES string of the molecule is CSCCCNC(=O)N1CCc2c(cccc2C(=O)O)C1. The molecule has 0 unspecified atom stereocenters. The monoisotopic (exact) mass is 308 g/mol. The van der Waals surface area contributed by atoms with E-state index in [1.165, 1.54) is 0 Å². The van der Waals surface area contributed by atoms with Gasteiger partial charge in [-0.1, -0.05) is 12.1 Å². The molecule has 0 bridgehead atoms. The molecule has 0 atom stereocenters. The second-order valence-electron chi connectivity index (χ2n) is 5.00. The summed E-state index contributed by atoms with van der Waals surface area (Å²) >= 11 is 1.76. The first kappa shape index (κ1) is 15.7. The second kappa shape index (κ2) is 7.36. The third-order valence-electron chi connectivity index (χ3n) is 3.59. The summed E-state index contributed by atoms with van der Waals surface area (Å²) in [6.45, 7) is 1.72. The van der Waals surface area contributed by atoms with Crippen molar-refractivity contribution in [2.45, 2.75) is 19.4 Å². The molecular formula is C15H20N2O3S. The van der Waals surface area contributed by atoms with Gasteiger partial charge in [-0.2, -0.15) is 11.8 Å². The molecule has 1 aliphatic rings. The van der Waals surface area contributed by atoms with E-state index in [1.54, 1.807) is 28.8 Å². The van der Waals surface area contributed by atoms with Gasteiger partial charge >= 0.3 is 12.0 Å². The lowest BCUT2D eigenvalue weighted by molar-refractivity contribution is 0.0695. The summed E-state index contributed by atoms with van der Waals surface area (Å²) in [6, 6.07) is 5.19. The first-order chi connectivity index (χ1) is 10.1. The number of thioether (sulfide) groups is 1. The minimum atomic E-state index is -0.901. The third kappa shape index (κ3) is 3.91. The standard InChI is InChI=1S/C15H20N2O3S/c1-21-9-3-7-16-15(20)17-8-6-12-11(10-17)4-2-5-13(12)14(18)19/h2,4-5H,3,6-10H2,1H3,(H,16,20)(H,18,19). The molecule has 6 heteroatoms. The molecule has 0 saturated carbocycles. The lowest BCUT2D eigenvalue weighted by Crippen LogP contribution is -2.43. The van der Waals surface area contributed by atoms with E-state index in [9.17, 15) is 14.7 Å². The number of aromatic carboxylic acids is 1. The van der Waals surface area contributed by atoms with Gasteiger partial charge < -0.3 is 15.3 Å². The fourth-order valence-electron chi connectivity index (χ4n) is 2.51. The number of fused-ring (bicyclic) bond motifs is 1. The normalized spacial score (nSPS) is 13.7. The van der Waals surface area contributed by atoms with E-state index >= 15 is 0 Å². The van der Waals surface area contributed by atoms with E-state index in [0.717, 1.165) is 23.3 Å². The zero-order valence-corrected chi connectivity index (χ0v) is 12.9. The van der Waals surface area contributed by atoms with Crippen molar-refractivity contribution in [1.29, 1.82) is 0 Å². The molecule has 114 valence electrons. The van der Waals surface area contributed by atoms with Crippen LogP contribution in [0.4, 0.5) is 4.79 Å². The Hall–Kier alpha value is -1.69. The molecule has 2 amide bonds. The minimum Gasteiger partial charge on any atom is -0.478 e. The van der Waals surface area contributed by atoms with Gasteiger partial charge in [0.05, 0.1) is 5.56 Å². The molecule has 2 rings (SSSR count). The molecule has 21 heavy (non-hydrogen) atoms. The summed E-state index contributed by atoms with van der Waals surface area (Å²) in [5.74, 6) is 0.132. The lowest BCUT2D eigenvalue weighted by atomic mass is 9.95. The smallest absolute Gasteiger partial charge is 0.335 e. The van der Waals surface area contributed by atoms with Gasteiger partial charge in [-0.25, -0.2) is 9.59 Å². The Labute approximate surface area is 128 Å². The van der Waals surface area contributed by atoms with Crippen molar-refractivity contribution in [3.63, 3.8) is 0 Å². The van der Waals surface area contributed by atoms with E-state index in [4.69, 9.17) is 0 Å². The summed E-state index contributed by atoms with van der Waals surface area (Å²) < 4.78 is 0. The van der Waals surface area contributed by atoms with E-state index in [0.29, 0.717) is 31.6 Å². The molecule has 1 heterocycles. The number of nitrogens with one attached hydrogen (secondary N) is 1. The summed E-state index contributed by atoms with van der Waals surface area (Å²) in [4.78, 5) is 25.0. The summed E-state index contributed by atoms with van der Waals surface area (Å²) in [6.07, 6.45) is 3.60. The van der Waals surface area contributed by atoms with Gasteiger partial charge in [-0.3, -0.25) is 0 Å². The molecule has 0 fully saturated rings. The average molecular weight is 308 g/mol. The molecule has 1 aromatic rings. The molecular weight excluding hydrogens is 288 g/mol. The number of carboxylic acids is 1. The van der Waals surface area contributed by atoms with Gasteiger partial charge in [-0.15, -0.1) is 0 Å². The van der Waals surface area contributed by atoms with Crippen LogP contribution in [0.15, 0.2) is 18.2 Å². The van der Waals surface area contributed by atoms with Crippen molar-refractivity contribution < 1.29 is 14.7 Å². The first-order valence-corrected chi connectivity index (χ1v) is 8.38. The van der Waals surface area contributed by atoms with Crippen LogP contribution < -0.4 is 5.32 Å². The molecule has 0 aliphatic carbocycles. The number of benzene rings is 1. The zero-order valence-electron chi connectivity index (χ0n) is 12.1. The van der Waals surface area contributed by atoms with Crippen LogP contribution in [-0.2, 0) is 13.0 Å². The maximum absolute atomic E-state index is 12.1. The predicted octanol–water partition coefficient (Wildman–Crippen LogP) is 2.21. The van der Waals surface area contributed by atoms with Crippen LogP contribution in [0.2, 0.25) is 0 Å². The zero-order chi connectivity index (χ0) is 15.2. The number of amides is 2. The van der Waals surface area contributed by atoms with Gasteiger partial charge in [0, 0.05) is 19.6 Å². The number of nitrogens with zero attached hydrogens (tertiary/aromatic N) is 1. The van der Waals surface area contributed by atoms with Gasteiger partial charge in [0.1, 0.15) is 0 Å². The van der Waals surface area contributed by atoms with Crippen molar-refractivity contribution in [2.75, 3.05) is 25.1 Å². The van der Waals surface area contributed by atoms with Crippen LogP contribution in [0.1, 0.15) is 27.9 Å². The Kier molecular flexibility index (Phi) is 5.50. The number of urea groups is 1. The Morgan fingerprint density at radius 3 is 2.95 bits per heavy atom. The molecule has 0 saturated heterocycles. The molecule has 1 aliphatic heterocycles. The van der Waals surface area contributed by atoms with E-state index in [1.807, 2.05) is 12.3 Å². The van der Waals surface area contributed by atoms with Crippen molar-refractivity contribution >= 4 is 23.8 Å². The van der Waals surface area contributed by atoms with Crippen molar-refractivity contribution in [3.8, 4) is 0 Å². The minimum absolute atomic E-state index is 0.0671. The summed E-state index contributed by atoms with van der Waals surface area (Å²) in [5.41, 5.74) is 2.14. The van der Waals surface area contributed by atoms with Crippen LogP contribution in [0, 0.1) is 0 Å². The number of rotatable bonds is 5. The fourth-order valence-corrected chi connectivity index (χ4v) is 2.94. The summed E-state index contributed by atoms with van der Waals surface area (Å²) in [7, 11) is 0. The number of hydrogen-bond acceptors (Lipinski definition) is 3. The van der Waals surface area contributed by atoms with E-state index < -0.39 is 5.97 Å². The van der Waals surface area contributed by atoms with Crippen molar-refractivity contribution in [3.05, 3.63) is 34.9 Å². The van der Waals surface area contributed by atoms with Gasteiger partial charge in [0.2, 0.25) is 0 Å². The fraction of sp³-hybridized carbons (Fsp3) is 0.467. The average Bonchev–Trinajstić information content (AvgIpc) is 2.50. The van der Waals surface area contributed by atoms with Crippen molar-refractivity contribution in [2.24, 2.45) is 0 Å². The molecule has 1 aromatic carbocycles. The van der Waals surface area contributed by atoms with E-state index in [2.05, 4.69) is 5.32 Å². The Morgan fingerprint density at radius 2 is 2.24 bits per heavy atom.